The van der Waals surface area contributed by atoms with Gasteiger partial charge in [-0.25, -0.2) is 0 Å². The molecule has 24 heavy (non-hydrogen) atoms. The summed E-state index contributed by atoms with van der Waals surface area (Å²) in [4.78, 5) is 25.5. The van der Waals surface area contributed by atoms with Gasteiger partial charge >= 0.3 is 0 Å². The summed E-state index contributed by atoms with van der Waals surface area (Å²) in [6.07, 6.45) is 6.05. The highest BCUT2D eigenvalue weighted by atomic mass is 16.2. The Hall–Kier alpha value is -2.64. The maximum Gasteiger partial charge on any atom is 0.269 e. The third kappa shape index (κ3) is 3.64. The van der Waals surface area contributed by atoms with E-state index in [0.717, 1.165) is 30.6 Å². The number of hydrogen-bond donors (Lipinski definition) is 2. The molecule has 0 radical (unpaired) electrons. The average molecular weight is 330 g/mol. The summed E-state index contributed by atoms with van der Waals surface area (Å²) >= 11 is 0. The normalized spacial score (nSPS) is 17.9. The number of aryl methyl sites for hydroxylation is 2. The van der Waals surface area contributed by atoms with Crippen LogP contribution in [0.25, 0.3) is 0 Å². The Labute approximate surface area is 140 Å². The van der Waals surface area contributed by atoms with Crippen molar-refractivity contribution in [1.29, 1.82) is 0 Å². The van der Waals surface area contributed by atoms with Crippen LogP contribution in [0.5, 0.6) is 0 Å². The van der Waals surface area contributed by atoms with Crippen LogP contribution in [0.1, 0.15) is 46.9 Å². The molecule has 0 bridgehead atoms. The zero-order valence-electron chi connectivity index (χ0n) is 13.7. The molecular formula is C16H22N6O2. The summed E-state index contributed by atoms with van der Waals surface area (Å²) in [5.74, 6) is -0.256. The highest BCUT2D eigenvalue weighted by Crippen LogP contribution is 2.26. The molecule has 8 heteroatoms. The first-order valence-corrected chi connectivity index (χ1v) is 8.15. The fourth-order valence-electron chi connectivity index (χ4n) is 3.09. The zero-order valence-corrected chi connectivity index (χ0v) is 13.7. The molecule has 0 saturated carbocycles. The molecule has 1 aliphatic rings. The predicted octanol–water partition coefficient (Wildman–Crippen LogP) is 0.810. The van der Waals surface area contributed by atoms with Crippen molar-refractivity contribution in [2.45, 2.75) is 38.6 Å². The second-order valence-electron chi connectivity index (χ2n) is 6.28. The Kier molecular flexibility index (Phi) is 4.64. The summed E-state index contributed by atoms with van der Waals surface area (Å²) in [6.45, 7) is 3.97. The summed E-state index contributed by atoms with van der Waals surface area (Å²) in [6, 6.07) is 1.69. The number of carbonyl (C=O) groups excluding carboxylic acids is 2. The molecule has 1 unspecified atom stereocenters. The van der Waals surface area contributed by atoms with Crippen molar-refractivity contribution in [1.82, 2.24) is 24.9 Å². The lowest BCUT2D eigenvalue weighted by Crippen LogP contribution is -2.39. The average Bonchev–Trinajstić information content (AvgIpc) is 3.22. The molecule has 2 amide bonds. The number of nitrogens with two attached hydrogens (primary N) is 1. The predicted molar refractivity (Wildman–Crippen MR) is 87.2 cm³/mol. The first-order chi connectivity index (χ1) is 11.5. The maximum atomic E-state index is 12.5. The first kappa shape index (κ1) is 16.2. The van der Waals surface area contributed by atoms with Gasteiger partial charge in [0, 0.05) is 43.9 Å². The van der Waals surface area contributed by atoms with Gasteiger partial charge < -0.3 is 10.6 Å². The quantitative estimate of drug-likeness (QED) is 0.845. The maximum absolute atomic E-state index is 12.5. The van der Waals surface area contributed by atoms with Crippen LogP contribution in [0.2, 0.25) is 0 Å². The monoisotopic (exact) mass is 330 g/mol. The van der Waals surface area contributed by atoms with Crippen molar-refractivity contribution in [3.8, 4) is 0 Å². The van der Waals surface area contributed by atoms with E-state index < -0.39 is 5.91 Å². The number of aromatic nitrogens is 4. The standard InChI is InChI=1S/C16H22N6O2/c1-11-8-18-22(9-11)6-4-15(23)21-5-2-3-12(10-21)13-7-14(16(17)24)20-19-13/h7-9,12H,2-6,10H2,1H3,(H2,17,24)(H,19,20). The van der Waals surface area contributed by atoms with Crippen LogP contribution in [-0.2, 0) is 11.3 Å². The number of nitrogens with one attached hydrogen (secondary N) is 1. The minimum Gasteiger partial charge on any atom is -0.364 e. The number of carbonyl (C=O) groups is 2. The number of H-pyrrole nitrogens is 1. The summed E-state index contributed by atoms with van der Waals surface area (Å²) < 4.78 is 1.79. The number of piperidine rings is 1. The number of amides is 2. The lowest BCUT2D eigenvalue weighted by atomic mass is 9.94. The van der Waals surface area contributed by atoms with Crippen LogP contribution in [0, 0.1) is 6.92 Å². The third-order valence-electron chi connectivity index (χ3n) is 4.38. The minimum absolute atomic E-state index is 0.127. The Morgan fingerprint density at radius 2 is 2.29 bits per heavy atom. The van der Waals surface area contributed by atoms with Crippen molar-refractivity contribution in [2.75, 3.05) is 13.1 Å². The van der Waals surface area contributed by atoms with E-state index in [1.807, 2.05) is 18.0 Å². The van der Waals surface area contributed by atoms with Crippen LogP contribution in [0.4, 0.5) is 0 Å². The van der Waals surface area contributed by atoms with Gasteiger partial charge in [-0.1, -0.05) is 0 Å². The SMILES string of the molecule is Cc1cnn(CCC(=O)N2CCCC(c3cc(C(N)=O)n[nH]3)C2)c1. The molecule has 128 valence electrons. The fourth-order valence-corrected chi connectivity index (χ4v) is 3.09. The first-order valence-electron chi connectivity index (χ1n) is 8.15. The smallest absolute Gasteiger partial charge is 0.269 e. The molecule has 1 fully saturated rings. The van der Waals surface area contributed by atoms with E-state index in [1.165, 1.54) is 0 Å². The Balaban J connectivity index is 1.57. The number of likely N-dealkylation sites (tertiary alicyclic amines) is 1. The number of aromatic amines is 1. The van der Waals surface area contributed by atoms with Crippen molar-refractivity contribution in [3.05, 3.63) is 35.4 Å². The van der Waals surface area contributed by atoms with Crippen molar-refractivity contribution in [3.63, 3.8) is 0 Å². The minimum atomic E-state index is -0.546. The van der Waals surface area contributed by atoms with Gasteiger partial charge in [-0.2, -0.15) is 10.2 Å². The van der Waals surface area contributed by atoms with Crippen LogP contribution < -0.4 is 5.73 Å². The Morgan fingerprint density at radius 3 is 2.96 bits per heavy atom. The Morgan fingerprint density at radius 1 is 1.46 bits per heavy atom. The van der Waals surface area contributed by atoms with E-state index in [1.54, 1.807) is 16.9 Å². The molecule has 0 spiro atoms. The van der Waals surface area contributed by atoms with Gasteiger partial charge in [0.2, 0.25) is 5.91 Å². The molecule has 2 aromatic heterocycles. The Bertz CT molecular complexity index is 735. The molecule has 0 aliphatic carbocycles. The van der Waals surface area contributed by atoms with Gasteiger partial charge in [-0.3, -0.25) is 19.4 Å². The fraction of sp³-hybridized carbons (Fsp3) is 0.500. The summed E-state index contributed by atoms with van der Waals surface area (Å²) in [5.41, 5.74) is 7.43. The highest BCUT2D eigenvalue weighted by Gasteiger charge is 2.26. The van der Waals surface area contributed by atoms with E-state index >= 15 is 0 Å². The van der Waals surface area contributed by atoms with Gasteiger partial charge in [0.15, 0.2) is 0 Å². The van der Waals surface area contributed by atoms with Gasteiger partial charge in [0.1, 0.15) is 5.69 Å². The van der Waals surface area contributed by atoms with Crippen LogP contribution >= 0.6 is 0 Å². The molecule has 3 rings (SSSR count). The second-order valence-corrected chi connectivity index (χ2v) is 6.28. The number of rotatable bonds is 5. The van der Waals surface area contributed by atoms with E-state index in [9.17, 15) is 9.59 Å². The molecule has 1 aliphatic heterocycles. The lowest BCUT2D eigenvalue weighted by Gasteiger charge is -2.32. The molecule has 3 N–H and O–H groups in total. The van der Waals surface area contributed by atoms with Gasteiger partial charge in [-0.15, -0.1) is 0 Å². The highest BCUT2D eigenvalue weighted by molar-refractivity contribution is 5.90. The summed E-state index contributed by atoms with van der Waals surface area (Å²) in [5, 5.41) is 11.0. The van der Waals surface area contributed by atoms with Crippen molar-refractivity contribution < 1.29 is 9.59 Å². The van der Waals surface area contributed by atoms with Crippen molar-refractivity contribution in [2.24, 2.45) is 5.73 Å². The lowest BCUT2D eigenvalue weighted by molar-refractivity contribution is -0.132. The summed E-state index contributed by atoms with van der Waals surface area (Å²) in [7, 11) is 0. The van der Waals surface area contributed by atoms with Crippen LogP contribution in [0.15, 0.2) is 18.5 Å². The van der Waals surface area contributed by atoms with Crippen LogP contribution in [-0.4, -0.2) is 49.8 Å². The zero-order chi connectivity index (χ0) is 17.1. The molecule has 1 saturated heterocycles. The van der Waals surface area contributed by atoms with E-state index in [2.05, 4.69) is 15.3 Å². The molecular weight excluding hydrogens is 308 g/mol. The molecule has 2 aromatic rings. The van der Waals surface area contributed by atoms with Gasteiger partial charge in [0.05, 0.1) is 6.20 Å². The molecule has 1 atom stereocenters. The second kappa shape index (κ2) is 6.86. The van der Waals surface area contributed by atoms with Crippen LogP contribution in [0.3, 0.4) is 0 Å². The number of nitrogens with zero attached hydrogens (tertiary/aromatic N) is 4. The van der Waals surface area contributed by atoms with Gasteiger partial charge in [0.25, 0.3) is 5.91 Å². The van der Waals surface area contributed by atoms with Crippen molar-refractivity contribution >= 4 is 11.8 Å². The largest absolute Gasteiger partial charge is 0.364 e. The molecule has 8 nitrogen and oxygen atoms in total. The molecule has 3 heterocycles. The van der Waals surface area contributed by atoms with Gasteiger partial charge in [-0.05, 0) is 31.4 Å². The third-order valence-corrected chi connectivity index (χ3v) is 4.38. The topological polar surface area (TPSA) is 110 Å². The molecule has 0 aromatic carbocycles. The van der Waals surface area contributed by atoms with E-state index in [4.69, 9.17) is 5.73 Å². The number of primary amides is 1. The number of hydrogen-bond acceptors (Lipinski definition) is 4. The van der Waals surface area contributed by atoms with E-state index in [0.29, 0.717) is 19.5 Å². The van der Waals surface area contributed by atoms with E-state index in [-0.39, 0.29) is 17.5 Å².